The van der Waals surface area contributed by atoms with Gasteiger partial charge < -0.3 is 10.1 Å². The zero-order valence-electron chi connectivity index (χ0n) is 17.7. The third kappa shape index (κ3) is 4.95. The number of fused-ring (bicyclic) bond motifs is 1. The Kier molecular flexibility index (Phi) is 6.43. The van der Waals surface area contributed by atoms with Gasteiger partial charge in [-0.05, 0) is 65.8 Å². The zero-order valence-corrected chi connectivity index (χ0v) is 17.7. The fraction of sp³-hybridized carbons (Fsp3) is 0.480. The smallest absolute Gasteiger partial charge is 0.258 e. The number of carbonyl (C=O) groups is 1. The molecule has 0 aliphatic heterocycles. The van der Waals surface area contributed by atoms with E-state index in [2.05, 4.69) is 57.3 Å². The molecular weight excluding hydrogens is 346 g/mol. The number of hydrogen-bond donors (Lipinski definition) is 1. The van der Waals surface area contributed by atoms with Gasteiger partial charge in [0.25, 0.3) is 5.91 Å². The Labute approximate surface area is 169 Å². The maximum absolute atomic E-state index is 12.6. The first kappa shape index (κ1) is 20.4. The molecule has 150 valence electrons. The van der Waals surface area contributed by atoms with Crippen LogP contribution in [0.15, 0.2) is 42.5 Å². The quantitative estimate of drug-likeness (QED) is 0.719. The van der Waals surface area contributed by atoms with E-state index >= 15 is 0 Å². The third-order valence-corrected chi connectivity index (χ3v) is 5.57. The number of ether oxygens (including phenoxy) is 1. The molecule has 3 heteroatoms. The van der Waals surface area contributed by atoms with E-state index in [0.717, 1.165) is 24.2 Å². The maximum atomic E-state index is 12.6. The molecule has 1 N–H and O–H groups in total. The summed E-state index contributed by atoms with van der Waals surface area (Å²) in [5, 5.41) is 3.15. The summed E-state index contributed by atoms with van der Waals surface area (Å²) in [7, 11) is 0. The SMILES string of the molecule is CC[C@@H](NC(=O)COc1ccccc1C(C)(C)C)c1ccc2c(c1)CCCC2. The Balaban J connectivity index is 1.64. The van der Waals surface area contributed by atoms with E-state index < -0.39 is 0 Å². The van der Waals surface area contributed by atoms with Crippen molar-refractivity contribution in [3.05, 3.63) is 64.7 Å². The Hall–Kier alpha value is -2.29. The van der Waals surface area contributed by atoms with Gasteiger partial charge in [0, 0.05) is 0 Å². The van der Waals surface area contributed by atoms with E-state index in [-0.39, 0.29) is 24.0 Å². The molecule has 0 unspecified atom stereocenters. The third-order valence-electron chi connectivity index (χ3n) is 5.57. The normalized spacial score (nSPS) is 14.9. The van der Waals surface area contributed by atoms with E-state index in [4.69, 9.17) is 4.74 Å². The number of para-hydroxylation sites is 1. The van der Waals surface area contributed by atoms with Gasteiger partial charge in [0.15, 0.2) is 6.61 Å². The number of hydrogen-bond acceptors (Lipinski definition) is 2. The highest BCUT2D eigenvalue weighted by atomic mass is 16.5. The summed E-state index contributed by atoms with van der Waals surface area (Å²) in [5.41, 5.74) is 5.21. The molecule has 0 fully saturated rings. The molecule has 2 aromatic rings. The van der Waals surface area contributed by atoms with Crippen LogP contribution >= 0.6 is 0 Å². The Bertz CT molecular complexity index is 820. The van der Waals surface area contributed by atoms with Crippen molar-refractivity contribution in [2.24, 2.45) is 0 Å². The second-order valence-corrected chi connectivity index (χ2v) is 8.80. The molecule has 0 bridgehead atoms. The van der Waals surface area contributed by atoms with Gasteiger partial charge in [0.1, 0.15) is 5.75 Å². The lowest BCUT2D eigenvalue weighted by atomic mass is 9.86. The fourth-order valence-electron chi connectivity index (χ4n) is 3.98. The van der Waals surface area contributed by atoms with Crippen LogP contribution in [0.2, 0.25) is 0 Å². The minimum Gasteiger partial charge on any atom is -0.483 e. The van der Waals surface area contributed by atoms with E-state index in [1.807, 2.05) is 18.2 Å². The van der Waals surface area contributed by atoms with Crippen LogP contribution in [0.1, 0.15) is 75.3 Å². The molecule has 3 rings (SSSR count). The van der Waals surface area contributed by atoms with E-state index in [1.165, 1.54) is 36.0 Å². The van der Waals surface area contributed by atoms with Crippen molar-refractivity contribution in [1.82, 2.24) is 5.32 Å². The highest BCUT2D eigenvalue weighted by molar-refractivity contribution is 5.78. The molecule has 1 amide bonds. The number of carbonyl (C=O) groups excluding carboxylic acids is 1. The maximum Gasteiger partial charge on any atom is 0.258 e. The van der Waals surface area contributed by atoms with Crippen molar-refractivity contribution in [3.8, 4) is 5.75 Å². The van der Waals surface area contributed by atoms with Crippen LogP contribution in [0.4, 0.5) is 0 Å². The number of amides is 1. The predicted octanol–water partition coefficient (Wildman–Crippen LogP) is 5.51. The second-order valence-electron chi connectivity index (χ2n) is 8.80. The number of nitrogens with one attached hydrogen (secondary N) is 1. The molecule has 2 aromatic carbocycles. The molecule has 0 saturated carbocycles. The Morgan fingerprint density at radius 1 is 1.07 bits per heavy atom. The molecule has 0 saturated heterocycles. The monoisotopic (exact) mass is 379 g/mol. The lowest BCUT2D eigenvalue weighted by molar-refractivity contribution is -0.123. The molecule has 0 heterocycles. The van der Waals surface area contributed by atoms with Crippen molar-refractivity contribution in [3.63, 3.8) is 0 Å². The lowest BCUT2D eigenvalue weighted by Gasteiger charge is -2.23. The molecule has 3 nitrogen and oxygen atoms in total. The molecule has 1 atom stereocenters. The first-order valence-corrected chi connectivity index (χ1v) is 10.5. The fourth-order valence-corrected chi connectivity index (χ4v) is 3.98. The van der Waals surface area contributed by atoms with Gasteiger partial charge in [0.05, 0.1) is 6.04 Å². The van der Waals surface area contributed by atoms with Gasteiger partial charge in [-0.15, -0.1) is 0 Å². The lowest BCUT2D eigenvalue weighted by Crippen LogP contribution is -2.32. The summed E-state index contributed by atoms with van der Waals surface area (Å²) in [6.45, 7) is 8.60. The minimum absolute atomic E-state index is 0.0256. The van der Waals surface area contributed by atoms with Gasteiger partial charge in [-0.25, -0.2) is 0 Å². The summed E-state index contributed by atoms with van der Waals surface area (Å²) in [6.07, 6.45) is 5.75. The van der Waals surface area contributed by atoms with Crippen LogP contribution in [-0.4, -0.2) is 12.5 Å². The molecule has 0 aromatic heterocycles. The minimum atomic E-state index is -0.0757. The molecule has 1 aliphatic rings. The van der Waals surface area contributed by atoms with Crippen LogP contribution in [0.25, 0.3) is 0 Å². The van der Waals surface area contributed by atoms with Crippen molar-refractivity contribution >= 4 is 5.91 Å². The van der Waals surface area contributed by atoms with Crippen LogP contribution in [-0.2, 0) is 23.1 Å². The van der Waals surface area contributed by atoms with E-state index in [9.17, 15) is 4.79 Å². The number of aryl methyl sites for hydroxylation is 2. The summed E-state index contributed by atoms with van der Waals surface area (Å²) < 4.78 is 5.89. The van der Waals surface area contributed by atoms with Gasteiger partial charge in [-0.1, -0.05) is 64.1 Å². The van der Waals surface area contributed by atoms with Crippen LogP contribution in [0.5, 0.6) is 5.75 Å². The highest BCUT2D eigenvalue weighted by Gasteiger charge is 2.20. The van der Waals surface area contributed by atoms with Crippen molar-refractivity contribution in [2.75, 3.05) is 6.61 Å². The summed E-state index contributed by atoms with van der Waals surface area (Å²) in [4.78, 5) is 12.6. The van der Waals surface area contributed by atoms with Crippen molar-refractivity contribution in [2.45, 2.75) is 71.3 Å². The van der Waals surface area contributed by atoms with Gasteiger partial charge >= 0.3 is 0 Å². The predicted molar refractivity (Wildman–Crippen MR) is 115 cm³/mol. The highest BCUT2D eigenvalue weighted by Crippen LogP contribution is 2.31. The Morgan fingerprint density at radius 3 is 2.50 bits per heavy atom. The summed E-state index contributed by atoms with van der Waals surface area (Å²) in [6, 6.07) is 14.7. The molecule has 28 heavy (non-hydrogen) atoms. The van der Waals surface area contributed by atoms with E-state index in [0.29, 0.717) is 0 Å². The standard InChI is InChI=1S/C25H33NO2/c1-5-22(20-15-14-18-10-6-7-11-19(18)16-20)26-24(27)17-28-23-13-9-8-12-21(23)25(2,3)4/h8-9,12-16,22H,5-7,10-11,17H2,1-4H3,(H,26,27)/t22-/m1/s1. The molecular formula is C25H33NO2. The number of rotatable bonds is 6. The van der Waals surface area contributed by atoms with Crippen LogP contribution < -0.4 is 10.1 Å². The topological polar surface area (TPSA) is 38.3 Å². The molecule has 0 spiro atoms. The zero-order chi connectivity index (χ0) is 20.1. The van der Waals surface area contributed by atoms with Gasteiger partial charge in [-0.2, -0.15) is 0 Å². The average Bonchev–Trinajstić information content (AvgIpc) is 2.69. The van der Waals surface area contributed by atoms with Crippen LogP contribution in [0, 0.1) is 0 Å². The number of benzene rings is 2. The van der Waals surface area contributed by atoms with Crippen molar-refractivity contribution < 1.29 is 9.53 Å². The van der Waals surface area contributed by atoms with Crippen LogP contribution in [0.3, 0.4) is 0 Å². The Morgan fingerprint density at radius 2 is 1.79 bits per heavy atom. The largest absolute Gasteiger partial charge is 0.483 e. The molecule has 1 aliphatic carbocycles. The summed E-state index contributed by atoms with van der Waals surface area (Å²) in [5.74, 6) is 0.709. The first-order valence-electron chi connectivity index (χ1n) is 10.5. The molecule has 0 radical (unpaired) electrons. The van der Waals surface area contributed by atoms with Gasteiger partial charge in [-0.3, -0.25) is 4.79 Å². The average molecular weight is 380 g/mol. The van der Waals surface area contributed by atoms with E-state index in [1.54, 1.807) is 0 Å². The first-order chi connectivity index (χ1) is 13.4. The summed E-state index contributed by atoms with van der Waals surface area (Å²) >= 11 is 0. The van der Waals surface area contributed by atoms with Crippen molar-refractivity contribution in [1.29, 1.82) is 0 Å². The van der Waals surface area contributed by atoms with Gasteiger partial charge in [0.2, 0.25) is 0 Å². The second kappa shape index (κ2) is 8.81.